The Morgan fingerprint density at radius 1 is 0.552 bits per heavy atom. The zero-order valence-corrected chi connectivity index (χ0v) is 20.4. The summed E-state index contributed by atoms with van der Waals surface area (Å²) < 4.78 is 0. The van der Waals surface area contributed by atoms with Gasteiger partial charge in [-0.25, -0.2) is 0 Å². The Morgan fingerprint density at radius 2 is 0.759 bits per heavy atom. The summed E-state index contributed by atoms with van der Waals surface area (Å²) in [4.78, 5) is 8.36. The summed E-state index contributed by atoms with van der Waals surface area (Å²) in [5, 5.41) is 6.89. The van der Waals surface area contributed by atoms with Crippen LogP contribution in [-0.2, 0) is 4.79 Å². The first-order valence-corrected chi connectivity index (χ1v) is 13.0. The predicted molar refractivity (Wildman–Crippen MR) is 130 cm³/mol. The first-order valence-electron chi connectivity index (χ1n) is 13.0. The molecule has 0 rings (SSSR count). The lowest BCUT2D eigenvalue weighted by atomic mass is 9.82. The van der Waals surface area contributed by atoms with Crippen molar-refractivity contribution >= 4 is 6.47 Å². The summed E-state index contributed by atoms with van der Waals surface area (Å²) in [6.07, 6.45) is 28.8. The Morgan fingerprint density at radius 3 is 1.00 bits per heavy atom. The Kier molecular flexibility index (Phi) is 26.9. The summed E-state index contributed by atoms with van der Waals surface area (Å²) in [7, 11) is 0. The van der Waals surface area contributed by atoms with Gasteiger partial charge in [-0.2, -0.15) is 0 Å². The maximum absolute atomic E-state index is 8.36. The van der Waals surface area contributed by atoms with Crippen LogP contribution in [0.15, 0.2) is 0 Å². The number of carboxylic acid groups (broad SMARTS) is 1. The van der Waals surface area contributed by atoms with Crippen molar-refractivity contribution in [1.82, 2.24) is 0 Å². The van der Waals surface area contributed by atoms with Gasteiger partial charge in [-0.05, 0) is 19.3 Å². The summed E-state index contributed by atoms with van der Waals surface area (Å²) in [5.74, 6) is 0. The lowest BCUT2D eigenvalue weighted by molar-refractivity contribution is -0.122. The van der Waals surface area contributed by atoms with E-state index in [9.17, 15) is 0 Å². The SMILES string of the molecule is CCCCCCCCC(N)(CCCCCCCC)CCCCCCCC.O=CO. The Balaban J connectivity index is 0. The predicted octanol–water partition coefficient (Wildman–Crippen LogP) is 8.64. The second kappa shape index (κ2) is 25.5. The molecular formula is C26H55NO2. The molecule has 0 fully saturated rings. The van der Waals surface area contributed by atoms with Gasteiger partial charge < -0.3 is 10.8 Å². The summed E-state index contributed by atoms with van der Waals surface area (Å²) >= 11 is 0. The van der Waals surface area contributed by atoms with Crippen molar-refractivity contribution in [3.63, 3.8) is 0 Å². The molecule has 0 atom stereocenters. The van der Waals surface area contributed by atoms with Crippen molar-refractivity contribution in [3.05, 3.63) is 0 Å². The van der Waals surface area contributed by atoms with Crippen molar-refractivity contribution in [2.45, 2.75) is 161 Å². The zero-order chi connectivity index (χ0) is 22.1. The number of rotatable bonds is 21. The molecule has 3 nitrogen and oxygen atoms in total. The third kappa shape index (κ3) is 25.4. The van der Waals surface area contributed by atoms with E-state index in [4.69, 9.17) is 15.6 Å². The van der Waals surface area contributed by atoms with Crippen LogP contribution in [0.5, 0.6) is 0 Å². The number of nitrogens with two attached hydrogens (primary N) is 1. The molecule has 0 aromatic heterocycles. The van der Waals surface area contributed by atoms with E-state index >= 15 is 0 Å². The molecule has 0 saturated heterocycles. The van der Waals surface area contributed by atoms with Gasteiger partial charge in [0.2, 0.25) is 0 Å². The normalized spacial score (nSPS) is 11.2. The average Bonchev–Trinajstić information content (AvgIpc) is 2.71. The van der Waals surface area contributed by atoms with Gasteiger partial charge >= 0.3 is 0 Å². The van der Waals surface area contributed by atoms with Gasteiger partial charge in [-0.3, -0.25) is 4.79 Å². The molecule has 29 heavy (non-hydrogen) atoms. The second-order valence-electron chi connectivity index (χ2n) is 9.02. The number of hydrogen-bond acceptors (Lipinski definition) is 2. The van der Waals surface area contributed by atoms with Gasteiger partial charge in [-0.15, -0.1) is 0 Å². The van der Waals surface area contributed by atoms with E-state index in [-0.39, 0.29) is 12.0 Å². The van der Waals surface area contributed by atoms with Crippen LogP contribution in [0.25, 0.3) is 0 Å². The molecule has 3 N–H and O–H groups in total. The van der Waals surface area contributed by atoms with Crippen LogP contribution in [0.4, 0.5) is 0 Å². The standard InChI is InChI=1S/C25H53N.CH2O2/c1-4-7-10-13-16-19-22-25(26,23-20-17-14-11-8-5-2)24-21-18-15-12-9-6-3;2-1-3/h4-24,26H2,1-3H3;1H,(H,2,3). The van der Waals surface area contributed by atoms with Gasteiger partial charge in [0.05, 0.1) is 0 Å². The van der Waals surface area contributed by atoms with E-state index in [1.807, 2.05) is 0 Å². The first-order chi connectivity index (χ1) is 14.1. The molecule has 0 spiro atoms. The molecule has 0 saturated carbocycles. The molecular weight excluding hydrogens is 358 g/mol. The highest BCUT2D eigenvalue weighted by Gasteiger charge is 2.23. The topological polar surface area (TPSA) is 63.3 Å². The van der Waals surface area contributed by atoms with E-state index in [2.05, 4.69) is 20.8 Å². The minimum atomic E-state index is -0.250. The van der Waals surface area contributed by atoms with Gasteiger partial charge in [0.25, 0.3) is 6.47 Å². The molecule has 0 aliphatic heterocycles. The van der Waals surface area contributed by atoms with E-state index in [0.717, 1.165) is 0 Å². The van der Waals surface area contributed by atoms with E-state index in [1.54, 1.807) is 0 Å². The van der Waals surface area contributed by atoms with Crippen molar-refractivity contribution in [3.8, 4) is 0 Å². The van der Waals surface area contributed by atoms with Crippen molar-refractivity contribution in [2.24, 2.45) is 5.73 Å². The molecule has 0 radical (unpaired) electrons. The van der Waals surface area contributed by atoms with Crippen LogP contribution < -0.4 is 5.73 Å². The van der Waals surface area contributed by atoms with Crippen LogP contribution in [0.2, 0.25) is 0 Å². The Labute approximate surface area is 183 Å². The lowest BCUT2D eigenvalue weighted by Gasteiger charge is -2.30. The molecule has 0 aliphatic carbocycles. The first kappa shape index (κ1) is 30.6. The smallest absolute Gasteiger partial charge is 0.290 e. The minimum Gasteiger partial charge on any atom is -0.483 e. The third-order valence-corrected chi connectivity index (χ3v) is 6.08. The van der Waals surface area contributed by atoms with Crippen LogP contribution >= 0.6 is 0 Å². The molecule has 0 aliphatic rings. The van der Waals surface area contributed by atoms with E-state index in [1.165, 1.54) is 135 Å². The van der Waals surface area contributed by atoms with Crippen molar-refractivity contribution in [2.75, 3.05) is 0 Å². The van der Waals surface area contributed by atoms with Gasteiger partial charge in [-0.1, -0.05) is 136 Å². The maximum atomic E-state index is 8.36. The highest BCUT2D eigenvalue weighted by molar-refractivity contribution is 5.32. The van der Waals surface area contributed by atoms with E-state index in [0.29, 0.717) is 0 Å². The van der Waals surface area contributed by atoms with Crippen LogP contribution in [0.3, 0.4) is 0 Å². The maximum Gasteiger partial charge on any atom is 0.290 e. The molecule has 0 amide bonds. The molecule has 0 aromatic carbocycles. The lowest BCUT2D eigenvalue weighted by Crippen LogP contribution is -2.39. The average molecular weight is 414 g/mol. The van der Waals surface area contributed by atoms with Crippen LogP contribution in [0.1, 0.15) is 156 Å². The minimum absolute atomic E-state index is 0.139. The highest BCUT2D eigenvalue weighted by atomic mass is 16.3. The summed E-state index contributed by atoms with van der Waals surface area (Å²) in [6.45, 7) is 6.64. The fourth-order valence-corrected chi connectivity index (χ4v) is 4.15. The van der Waals surface area contributed by atoms with Gasteiger partial charge in [0.1, 0.15) is 0 Å². The molecule has 176 valence electrons. The highest BCUT2D eigenvalue weighted by Crippen LogP contribution is 2.27. The van der Waals surface area contributed by atoms with E-state index < -0.39 is 0 Å². The van der Waals surface area contributed by atoms with Crippen molar-refractivity contribution in [1.29, 1.82) is 0 Å². The van der Waals surface area contributed by atoms with Crippen LogP contribution in [-0.4, -0.2) is 17.1 Å². The number of hydrogen-bond donors (Lipinski definition) is 2. The zero-order valence-electron chi connectivity index (χ0n) is 20.4. The quantitative estimate of drug-likeness (QED) is 0.146. The van der Waals surface area contributed by atoms with Crippen molar-refractivity contribution < 1.29 is 9.90 Å². The number of carbonyl (C=O) groups is 1. The largest absolute Gasteiger partial charge is 0.483 e. The van der Waals surface area contributed by atoms with Gasteiger partial charge in [0.15, 0.2) is 0 Å². The summed E-state index contributed by atoms with van der Waals surface area (Å²) in [5.41, 5.74) is 7.06. The Bertz CT molecular complexity index is 266. The fourth-order valence-electron chi connectivity index (χ4n) is 4.15. The fraction of sp³-hybridized carbons (Fsp3) is 0.962. The molecule has 0 aromatic rings. The second-order valence-corrected chi connectivity index (χ2v) is 9.02. The third-order valence-electron chi connectivity index (χ3n) is 6.08. The summed E-state index contributed by atoms with van der Waals surface area (Å²) in [6, 6.07) is 0. The monoisotopic (exact) mass is 413 g/mol. The number of unbranched alkanes of at least 4 members (excludes halogenated alkanes) is 15. The molecule has 0 bridgehead atoms. The van der Waals surface area contributed by atoms with Crippen LogP contribution in [0, 0.1) is 0 Å². The van der Waals surface area contributed by atoms with Gasteiger partial charge in [0, 0.05) is 5.54 Å². The molecule has 0 unspecified atom stereocenters. The Hall–Kier alpha value is -0.570. The molecule has 0 heterocycles. The molecule has 3 heteroatoms.